The maximum Gasteiger partial charge on any atom is 0.317 e. The first-order chi connectivity index (χ1) is 8.99. The van der Waals surface area contributed by atoms with E-state index in [4.69, 9.17) is 0 Å². The third-order valence-corrected chi connectivity index (χ3v) is 3.52. The van der Waals surface area contributed by atoms with E-state index in [1.54, 1.807) is 0 Å². The average molecular weight is 270 g/mol. The fraction of sp³-hybridized carbons (Fsp3) is 0.929. The predicted molar refractivity (Wildman–Crippen MR) is 79.4 cm³/mol. The molecule has 0 aromatic carbocycles. The van der Waals surface area contributed by atoms with Gasteiger partial charge in [0.25, 0.3) is 0 Å². The molecule has 0 unspecified atom stereocenters. The summed E-state index contributed by atoms with van der Waals surface area (Å²) in [6, 6.07) is 0.105. The summed E-state index contributed by atoms with van der Waals surface area (Å²) in [6.45, 7) is 11.0. The van der Waals surface area contributed by atoms with E-state index in [1.807, 2.05) is 4.90 Å². The minimum atomic E-state index is 0.105. The Morgan fingerprint density at radius 3 is 2.37 bits per heavy atom. The van der Waals surface area contributed by atoms with Crippen LogP contribution in [0.5, 0.6) is 0 Å². The van der Waals surface area contributed by atoms with Gasteiger partial charge in [0.05, 0.1) is 0 Å². The second kappa shape index (κ2) is 8.38. The van der Waals surface area contributed by atoms with Crippen LogP contribution in [-0.2, 0) is 0 Å². The number of hydrogen-bond acceptors (Lipinski definition) is 3. The van der Waals surface area contributed by atoms with Crippen LogP contribution in [0.3, 0.4) is 0 Å². The first kappa shape index (κ1) is 16.2. The van der Waals surface area contributed by atoms with Crippen LogP contribution >= 0.6 is 0 Å². The lowest BCUT2D eigenvalue weighted by molar-refractivity contribution is 0.133. The van der Waals surface area contributed by atoms with Crippen LogP contribution in [0, 0.1) is 5.92 Å². The summed E-state index contributed by atoms with van der Waals surface area (Å²) in [5.74, 6) is 0.642. The molecule has 1 heterocycles. The number of nitrogens with one attached hydrogen (secondary N) is 1. The zero-order valence-corrected chi connectivity index (χ0v) is 13.0. The van der Waals surface area contributed by atoms with Gasteiger partial charge in [-0.3, -0.25) is 4.90 Å². The Morgan fingerprint density at radius 1 is 1.21 bits per heavy atom. The molecule has 19 heavy (non-hydrogen) atoms. The van der Waals surface area contributed by atoms with E-state index in [-0.39, 0.29) is 6.03 Å². The molecule has 5 nitrogen and oxygen atoms in total. The van der Waals surface area contributed by atoms with E-state index >= 15 is 0 Å². The quantitative estimate of drug-likeness (QED) is 0.780. The molecule has 1 saturated heterocycles. The van der Waals surface area contributed by atoms with Crippen molar-refractivity contribution in [3.63, 3.8) is 0 Å². The fourth-order valence-corrected chi connectivity index (χ4v) is 2.10. The van der Waals surface area contributed by atoms with Crippen molar-refractivity contribution >= 4 is 6.03 Å². The van der Waals surface area contributed by atoms with Gasteiger partial charge in [-0.05, 0) is 26.4 Å². The Hall–Kier alpha value is -0.810. The fourth-order valence-electron chi connectivity index (χ4n) is 2.10. The molecule has 1 N–H and O–H groups in total. The number of hydrogen-bond donors (Lipinski definition) is 1. The summed E-state index contributed by atoms with van der Waals surface area (Å²) < 4.78 is 0. The summed E-state index contributed by atoms with van der Waals surface area (Å²) in [7, 11) is 4.19. The second-order valence-electron chi connectivity index (χ2n) is 6.05. The molecular weight excluding hydrogens is 240 g/mol. The molecule has 1 aliphatic heterocycles. The van der Waals surface area contributed by atoms with Gasteiger partial charge in [0.15, 0.2) is 0 Å². The first-order valence-electron chi connectivity index (χ1n) is 7.39. The van der Waals surface area contributed by atoms with Gasteiger partial charge in [0, 0.05) is 45.8 Å². The molecule has 1 fully saturated rings. The van der Waals surface area contributed by atoms with Crippen molar-refractivity contribution in [2.75, 3.05) is 59.9 Å². The zero-order chi connectivity index (χ0) is 14.3. The van der Waals surface area contributed by atoms with Gasteiger partial charge >= 0.3 is 6.03 Å². The molecule has 0 aromatic rings. The lowest BCUT2D eigenvalue weighted by atomic mass is 10.1. The molecule has 1 rings (SSSR count). The molecule has 0 radical (unpaired) electrons. The van der Waals surface area contributed by atoms with E-state index in [0.29, 0.717) is 5.92 Å². The molecule has 5 heteroatoms. The van der Waals surface area contributed by atoms with E-state index < -0.39 is 0 Å². The van der Waals surface area contributed by atoms with Crippen LogP contribution in [0.15, 0.2) is 0 Å². The van der Waals surface area contributed by atoms with Gasteiger partial charge in [-0.2, -0.15) is 0 Å². The number of urea groups is 1. The second-order valence-corrected chi connectivity index (χ2v) is 6.05. The van der Waals surface area contributed by atoms with E-state index in [0.717, 1.165) is 52.2 Å². The zero-order valence-electron chi connectivity index (χ0n) is 13.0. The molecule has 2 amide bonds. The lowest BCUT2D eigenvalue weighted by Crippen LogP contribution is -2.52. The summed E-state index contributed by atoms with van der Waals surface area (Å²) >= 11 is 0. The van der Waals surface area contributed by atoms with Gasteiger partial charge in [-0.25, -0.2) is 4.79 Å². The summed E-state index contributed by atoms with van der Waals surface area (Å²) in [6.07, 6.45) is 1.05. The normalized spacial score (nSPS) is 17.3. The number of amides is 2. The van der Waals surface area contributed by atoms with Crippen molar-refractivity contribution in [2.45, 2.75) is 20.3 Å². The largest absolute Gasteiger partial charge is 0.338 e. The van der Waals surface area contributed by atoms with Crippen LogP contribution in [0.2, 0.25) is 0 Å². The van der Waals surface area contributed by atoms with E-state index in [9.17, 15) is 4.79 Å². The lowest BCUT2D eigenvalue weighted by Gasteiger charge is -2.35. The minimum absolute atomic E-state index is 0.105. The molecule has 0 aromatic heterocycles. The highest BCUT2D eigenvalue weighted by molar-refractivity contribution is 5.74. The molecular formula is C14H30N4O. The molecule has 0 bridgehead atoms. The van der Waals surface area contributed by atoms with Gasteiger partial charge in [0.2, 0.25) is 0 Å². The minimum Gasteiger partial charge on any atom is -0.338 e. The average Bonchev–Trinajstić information content (AvgIpc) is 2.36. The highest BCUT2D eigenvalue weighted by Gasteiger charge is 2.20. The SMILES string of the molecule is CC(C)CCNC(=O)N1CCN(CCN(C)C)CC1. The van der Waals surface area contributed by atoms with Gasteiger partial charge in [0.1, 0.15) is 0 Å². The third kappa shape index (κ3) is 6.78. The Bertz CT molecular complexity index is 260. The van der Waals surface area contributed by atoms with Gasteiger partial charge in [-0.1, -0.05) is 13.8 Å². The van der Waals surface area contributed by atoms with Crippen molar-refractivity contribution in [1.82, 2.24) is 20.0 Å². The van der Waals surface area contributed by atoms with Crippen molar-refractivity contribution in [2.24, 2.45) is 5.92 Å². The molecule has 0 spiro atoms. The number of likely N-dealkylation sites (N-methyl/N-ethyl adjacent to an activating group) is 1. The van der Waals surface area contributed by atoms with Crippen molar-refractivity contribution < 1.29 is 4.79 Å². The molecule has 112 valence electrons. The summed E-state index contributed by atoms with van der Waals surface area (Å²) in [4.78, 5) is 18.5. The predicted octanol–water partition coefficient (Wildman–Crippen LogP) is 0.921. The third-order valence-electron chi connectivity index (χ3n) is 3.52. The Morgan fingerprint density at radius 2 is 1.84 bits per heavy atom. The molecule has 0 saturated carbocycles. The smallest absolute Gasteiger partial charge is 0.317 e. The number of rotatable bonds is 6. The molecule has 1 aliphatic rings. The molecule has 0 aliphatic carbocycles. The van der Waals surface area contributed by atoms with Crippen LogP contribution in [0.25, 0.3) is 0 Å². The Labute approximate surface area is 117 Å². The highest BCUT2D eigenvalue weighted by atomic mass is 16.2. The topological polar surface area (TPSA) is 38.8 Å². The van der Waals surface area contributed by atoms with Crippen molar-refractivity contribution in [1.29, 1.82) is 0 Å². The van der Waals surface area contributed by atoms with Crippen LogP contribution in [0.4, 0.5) is 4.79 Å². The van der Waals surface area contributed by atoms with Crippen molar-refractivity contribution in [3.05, 3.63) is 0 Å². The number of nitrogens with zero attached hydrogens (tertiary/aromatic N) is 3. The molecule has 0 atom stereocenters. The van der Waals surface area contributed by atoms with Crippen LogP contribution in [0.1, 0.15) is 20.3 Å². The standard InChI is InChI=1S/C14H30N4O/c1-13(2)5-6-15-14(19)18-11-9-17(10-12-18)8-7-16(3)4/h13H,5-12H2,1-4H3,(H,15,19). The Balaban J connectivity index is 2.16. The number of carbonyl (C=O) groups excluding carboxylic acids is 1. The first-order valence-corrected chi connectivity index (χ1v) is 7.39. The van der Waals surface area contributed by atoms with E-state index in [1.165, 1.54) is 0 Å². The summed E-state index contributed by atoms with van der Waals surface area (Å²) in [5.41, 5.74) is 0. The summed E-state index contributed by atoms with van der Waals surface area (Å²) in [5, 5.41) is 3.01. The highest BCUT2D eigenvalue weighted by Crippen LogP contribution is 2.02. The number of piperazine rings is 1. The maximum atomic E-state index is 11.9. The maximum absolute atomic E-state index is 11.9. The number of carbonyl (C=O) groups is 1. The van der Waals surface area contributed by atoms with Crippen molar-refractivity contribution in [3.8, 4) is 0 Å². The van der Waals surface area contributed by atoms with Gasteiger partial charge in [-0.15, -0.1) is 0 Å². The van der Waals surface area contributed by atoms with Crippen LogP contribution in [-0.4, -0.2) is 80.6 Å². The monoisotopic (exact) mass is 270 g/mol. The van der Waals surface area contributed by atoms with Crippen LogP contribution < -0.4 is 5.32 Å². The van der Waals surface area contributed by atoms with Gasteiger partial charge < -0.3 is 15.1 Å². The van der Waals surface area contributed by atoms with E-state index in [2.05, 4.69) is 43.1 Å². The Kier molecular flexibility index (Phi) is 7.16.